The Morgan fingerprint density at radius 1 is 0.729 bits per heavy atom. The fourth-order valence-electron chi connectivity index (χ4n) is 12.2. The number of carbonyl (C=O) groups excluding carboxylic acids is 2. The Morgan fingerprint density at radius 2 is 1.15 bits per heavy atom. The molecule has 4 N–H and O–H groups in total. The van der Waals surface area contributed by atoms with E-state index in [9.17, 15) is 30.0 Å². The van der Waals surface area contributed by atoms with Gasteiger partial charge in [-0.05, 0) is 61.8 Å². The molecular weight excluding hydrogens is 612 g/mol. The number of ketones is 2. The lowest BCUT2D eigenvalue weighted by Gasteiger charge is -2.62. The van der Waals surface area contributed by atoms with Crippen molar-refractivity contribution in [1.82, 2.24) is 9.80 Å². The van der Waals surface area contributed by atoms with E-state index in [0.717, 1.165) is 11.1 Å². The van der Waals surface area contributed by atoms with E-state index in [1.165, 1.54) is 0 Å². The summed E-state index contributed by atoms with van der Waals surface area (Å²) in [5.41, 5.74) is -0.483. The summed E-state index contributed by atoms with van der Waals surface area (Å²) in [6, 6.07) is 3.21. The van der Waals surface area contributed by atoms with Gasteiger partial charge >= 0.3 is 0 Å². The highest BCUT2D eigenvalue weighted by Gasteiger charge is 2.75. The highest BCUT2D eigenvalue weighted by molar-refractivity contribution is 5.94. The van der Waals surface area contributed by atoms with Gasteiger partial charge in [-0.25, -0.2) is 0 Å². The Balaban J connectivity index is 1.19. The van der Waals surface area contributed by atoms with Crippen molar-refractivity contribution in [2.75, 3.05) is 26.2 Å². The molecule has 8 aliphatic rings. The van der Waals surface area contributed by atoms with Crippen molar-refractivity contribution in [3.8, 4) is 34.1 Å². The van der Waals surface area contributed by atoms with Crippen molar-refractivity contribution in [2.45, 2.75) is 97.7 Å². The van der Waals surface area contributed by atoms with Gasteiger partial charge < -0.3 is 29.9 Å². The number of carbonyl (C=O) groups is 2. The van der Waals surface area contributed by atoms with Crippen LogP contribution in [0.5, 0.6) is 23.0 Å². The largest absolute Gasteiger partial charge is 0.504 e. The van der Waals surface area contributed by atoms with Crippen LogP contribution in [0.4, 0.5) is 0 Å². The maximum Gasteiger partial charge on any atom is 0.174 e. The Morgan fingerprint density at radius 3 is 1.54 bits per heavy atom. The smallest absolute Gasteiger partial charge is 0.174 e. The molecule has 2 aromatic rings. The number of aliphatic hydroxyl groups is 2. The van der Waals surface area contributed by atoms with Crippen LogP contribution in [-0.2, 0) is 33.3 Å². The molecule has 10 nitrogen and oxygen atoms in total. The Kier molecular flexibility index (Phi) is 5.54. The molecule has 250 valence electrons. The summed E-state index contributed by atoms with van der Waals surface area (Å²) in [5.74, 6) is -0.115. The molecule has 48 heavy (non-hydrogen) atoms. The van der Waals surface area contributed by atoms with Crippen molar-refractivity contribution in [1.29, 1.82) is 0 Å². The molecule has 10 rings (SSSR count). The molecule has 0 amide bonds. The number of aromatic hydroxyl groups is 2. The van der Waals surface area contributed by atoms with Crippen LogP contribution >= 0.6 is 0 Å². The van der Waals surface area contributed by atoms with E-state index in [1.807, 2.05) is 24.3 Å². The molecule has 10 heteroatoms. The van der Waals surface area contributed by atoms with E-state index in [0.29, 0.717) is 87.0 Å². The molecule has 2 saturated carbocycles. The number of piperidine rings is 2. The van der Waals surface area contributed by atoms with Crippen LogP contribution in [0.1, 0.15) is 60.8 Å². The van der Waals surface area contributed by atoms with E-state index in [-0.39, 0.29) is 59.5 Å². The van der Waals surface area contributed by atoms with E-state index < -0.39 is 34.2 Å². The highest BCUT2D eigenvalue weighted by atomic mass is 16.5. The third-order valence-electron chi connectivity index (χ3n) is 14.0. The molecular formula is C38H40N2O8. The van der Waals surface area contributed by atoms with Gasteiger partial charge in [0, 0.05) is 73.4 Å². The number of likely N-dealkylation sites (tertiary alicyclic amines) is 2. The molecule has 4 fully saturated rings. The molecule has 8 atom stereocenters. The Bertz CT molecular complexity index is 1770. The van der Waals surface area contributed by atoms with Crippen LogP contribution in [0.25, 0.3) is 11.1 Å². The van der Waals surface area contributed by atoms with Gasteiger partial charge in [-0.2, -0.15) is 0 Å². The van der Waals surface area contributed by atoms with Crippen LogP contribution in [0.2, 0.25) is 0 Å². The number of ether oxygens (including phenoxy) is 2. The number of hydrogen-bond donors (Lipinski definition) is 4. The van der Waals surface area contributed by atoms with E-state index in [1.54, 1.807) is 0 Å². The fourth-order valence-corrected chi connectivity index (χ4v) is 12.2. The monoisotopic (exact) mass is 652 g/mol. The Hall–Kier alpha value is -3.70. The molecule has 4 bridgehead atoms. The van der Waals surface area contributed by atoms with Crippen molar-refractivity contribution in [3.05, 3.63) is 59.7 Å². The molecule has 0 aromatic heterocycles. The summed E-state index contributed by atoms with van der Waals surface area (Å²) in [7, 11) is 0. The van der Waals surface area contributed by atoms with Crippen molar-refractivity contribution < 1.29 is 39.5 Å². The highest BCUT2D eigenvalue weighted by Crippen LogP contribution is 2.69. The molecule has 2 aromatic carbocycles. The zero-order chi connectivity index (χ0) is 33.1. The first kappa shape index (κ1) is 29.2. The molecule has 4 aliphatic carbocycles. The van der Waals surface area contributed by atoms with Gasteiger partial charge in [-0.15, -0.1) is 13.2 Å². The van der Waals surface area contributed by atoms with Crippen molar-refractivity contribution in [3.63, 3.8) is 0 Å². The molecule has 2 saturated heterocycles. The standard InChI is InChI=1S/C38H40N2O8/c1-3-11-39-13-9-35-27-19-15-21(29(43)31(27)47-33(35)23(41)5-7-37(35,45)25(39)17-19)22-16-20-18-26-38(46)8-6-24(42)34-36(38,10-14-40(26)12-4-2)28(20)32(48-34)30(22)44/h3-4,15-16,25-26,33-34,43-46H,1-2,5-14,17-18H2/t25-,26-,33+,34+,35+,36+,37-,38-/m1/s1. The van der Waals surface area contributed by atoms with E-state index in [4.69, 9.17) is 9.47 Å². The molecule has 4 heterocycles. The van der Waals surface area contributed by atoms with Gasteiger partial charge in [0.1, 0.15) is 0 Å². The van der Waals surface area contributed by atoms with Crippen LogP contribution in [0.3, 0.4) is 0 Å². The van der Waals surface area contributed by atoms with Crippen molar-refractivity contribution in [2.24, 2.45) is 0 Å². The lowest BCUT2D eigenvalue weighted by Crippen LogP contribution is -2.76. The number of phenols is 2. The van der Waals surface area contributed by atoms with Crippen LogP contribution in [0, 0.1) is 0 Å². The van der Waals surface area contributed by atoms with Crippen molar-refractivity contribution >= 4 is 11.6 Å². The number of rotatable bonds is 5. The number of nitrogens with zero attached hydrogens (tertiary/aromatic N) is 2. The first-order chi connectivity index (χ1) is 23.1. The maximum atomic E-state index is 13.5. The number of benzene rings is 2. The zero-order valence-electron chi connectivity index (χ0n) is 26.8. The minimum Gasteiger partial charge on any atom is -0.504 e. The second-order valence-corrected chi connectivity index (χ2v) is 15.5. The second kappa shape index (κ2) is 9.09. The second-order valence-electron chi connectivity index (χ2n) is 15.5. The summed E-state index contributed by atoms with van der Waals surface area (Å²) < 4.78 is 12.9. The third-order valence-corrected chi connectivity index (χ3v) is 14.0. The van der Waals surface area contributed by atoms with E-state index in [2.05, 4.69) is 23.0 Å². The summed E-state index contributed by atoms with van der Waals surface area (Å²) >= 11 is 0. The molecule has 0 radical (unpaired) electrons. The normalized spacial score (nSPS) is 39.7. The van der Waals surface area contributed by atoms with Gasteiger partial charge in [0.25, 0.3) is 0 Å². The minimum atomic E-state index is -1.21. The third kappa shape index (κ3) is 2.95. The predicted octanol–water partition coefficient (Wildman–Crippen LogP) is 2.58. The lowest BCUT2D eigenvalue weighted by atomic mass is 9.48. The van der Waals surface area contributed by atoms with Gasteiger partial charge in [0.05, 0.1) is 22.0 Å². The topological polar surface area (TPSA) is 140 Å². The van der Waals surface area contributed by atoms with Gasteiger partial charge in [0.15, 0.2) is 46.8 Å². The summed E-state index contributed by atoms with van der Waals surface area (Å²) in [5, 5.41) is 49.1. The first-order valence-electron chi connectivity index (χ1n) is 17.4. The molecule has 2 spiro atoms. The molecule has 0 unspecified atom stereocenters. The fraction of sp³-hybridized carbons (Fsp3) is 0.526. The zero-order valence-corrected chi connectivity index (χ0v) is 26.8. The minimum absolute atomic E-state index is 0.0755. The Labute approximate surface area is 278 Å². The van der Waals surface area contributed by atoms with Crippen LogP contribution in [-0.4, -0.2) is 103 Å². The number of hydrogen-bond acceptors (Lipinski definition) is 10. The average Bonchev–Trinajstić information content (AvgIpc) is 3.61. The number of Topliss-reactive ketones (excluding diaryl/α,β-unsaturated/α-hetero) is 2. The average molecular weight is 653 g/mol. The van der Waals surface area contributed by atoms with Gasteiger partial charge in [-0.3, -0.25) is 19.4 Å². The lowest BCUT2D eigenvalue weighted by molar-refractivity contribution is -0.187. The summed E-state index contributed by atoms with van der Waals surface area (Å²) in [6.07, 6.45) is 4.89. The quantitative estimate of drug-likeness (QED) is 0.357. The SMILES string of the molecule is C=CCN1CC[C@]23c4c5cc(-c6cc7c8c(c6O)O[C@H]6C(=O)CC[C@@]9(O)[C@@H](C7)N(CC=C)CC[C@]869)c(O)c4O[C@H]2C(=O)CC[C@@]3(O)[C@H]1C5. The summed E-state index contributed by atoms with van der Waals surface area (Å²) in [4.78, 5) is 31.4. The molecule has 4 aliphatic heterocycles. The predicted molar refractivity (Wildman–Crippen MR) is 174 cm³/mol. The van der Waals surface area contributed by atoms with E-state index >= 15 is 0 Å². The van der Waals surface area contributed by atoms with Crippen LogP contribution in [0.15, 0.2) is 37.4 Å². The van der Waals surface area contributed by atoms with Gasteiger partial charge in [0.2, 0.25) is 0 Å². The summed E-state index contributed by atoms with van der Waals surface area (Å²) in [6.45, 7) is 10.4. The van der Waals surface area contributed by atoms with Gasteiger partial charge in [-0.1, -0.05) is 12.2 Å². The van der Waals surface area contributed by atoms with Crippen LogP contribution < -0.4 is 9.47 Å². The maximum absolute atomic E-state index is 13.5. The first-order valence-corrected chi connectivity index (χ1v) is 17.4. The number of phenolic OH excluding ortho intramolecular Hbond substituents is 2.